The molecule has 0 spiro atoms. The maximum atomic E-state index is 12.0. The SMILES string of the molecule is COC(=O)C1=C(C)OC(N)=C(C#N)[C@H]1c1ccc(Br)s1. The number of ether oxygens (including phenoxy) is 2. The molecule has 2 rings (SSSR count). The molecule has 0 aromatic carbocycles. The van der Waals surface area contributed by atoms with Crippen molar-refractivity contribution in [2.45, 2.75) is 12.8 Å². The fourth-order valence-electron chi connectivity index (χ4n) is 2.02. The molecule has 0 radical (unpaired) electrons. The van der Waals surface area contributed by atoms with E-state index in [2.05, 4.69) is 15.9 Å². The van der Waals surface area contributed by atoms with Crippen molar-refractivity contribution >= 4 is 33.2 Å². The molecule has 7 heteroatoms. The molecule has 1 aliphatic heterocycles. The van der Waals surface area contributed by atoms with Crippen LogP contribution in [0.5, 0.6) is 0 Å². The highest BCUT2D eigenvalue weighted by atomic mass is 79.9. The number of esters is 1. The Kier molecular flexibility index (Phi) is 4.16. The molecule has 1 aliphatic rings. The third-order valence-electron chi connectivity index (χ3n) is 2.89. The maximum Gasteiger partial charge on any atom is 0.338 e. The molecule has 2 N–H and O–H groups in total. The Morgan fingerprint density at radius 2 is 2.30 bits per heavy atom. The lowest BCUT2D eigenvalue weighted by molar-refractivity contribution is -0.136. The van der Waals surface area contributed by atoms with Gasteiger partial charge in [0.25, 0.3) is 0 Å². The Morgan fingerprint density at radius 1 is 1.60 bits per heavy atom. The van der Waals surface area contributed by atoms with Crippen LogP contribution in [0.4, 0.5) is 0 Å². The summed E-state index contributed by atoms with van der Waals surface area (Å²) in [4.78, 5) is 12.8. The molecule has 1 atom stereocenters. The van der Waals surface area contributed by atoms with E-state index < -0.39 is 11.9 Å². The second-order valence-corrected chi connectivity index (χ2v) is 6.52. The predicted molar refractivity (Wildman–Crippen MR) is 77.4 cm³/mol. The monoisotopic (exact) mass is 354 g/mol. The summed E-state index contributed by atoms with van der Waals surface area (Å²) in [6.45, 7) is 1.63. The van der Waals surface area contributed by atoms with E-state index in [4.69, 9.17) is 15.2 Å². The first kappa shape index (κ1) is 14.6. The number of hydrogen-bond acceptors (Lipinski definition) is 6. The highest BCUT2D eigenvalue weighted by molar-refractivity contribution is 9.11. The van der Waals surface area contributed by atoms with Crippen LogP contribution in [-0.2, 0) is 14.3 Å². The molecule has 0 amide bonds. The molecule has 0 saturated heterocycles. The molecular formula is C13H11BrN2O3S. The number of hydrogen-bond donors (Lipinski definition) is 1. The van der Waals surface area contributed by atoms with Gasteiger partial charge >= 0.3 is 5.97 Å². The van der Waals surface area contributed by atoms with Gasteiger partial charge in [0.15, 0.2) is 0 Å². The van der Waals surface area contributed by atoms with Crippen molar-refractivity contribution in [3.8, 4) is 6.07 Å². The van der Waals surface area contributed by atoms with Crippen LogP contribution in [0.1, 0.15) is 17.7 Å². The van der Waals surface area contributed by atoms with Crippen LogP contribution in [0.3, 0.4) is 0 Å². The van der Waals surface area contributed by atoms with Gasteiger partial charge in [-0.25, -0.2) is 4.79 Å². The molecule has 20 heavy (non-hydrogen) atoms. The quantitative estimate of drug-likeness (QED) is 0.825. The van der Waals surface area contributed by atoms with Gasteiger partial charge in [0.2, 0.25) is 5.88 Å². The zero-order valence-electron chi connectivity index (χ0n) is 10.8. The Labute approximate surface area is 128 Å². The predicted octanol–water partition coefficient (Wildman–Crippen LogP) is 2.77. The summed E-state index contributed by atoms with van der Waals surface area (Å²) in [5, 5.41) is 9.31. The topological polar surface area (TPSA) is 85.3 Å². The standard InChI is InChI=1S/C13H11BrN2O3S/c1-6-10(13(17)18-2)11(7(5-15)12(16)19-6)8-3-4-9(14)20-8/h3-4,11H,16H2,1-2H3/t11-/m0/s1. The molecule has 0 aliphatic carbocycles. The number of nitrogens with zero attached hydrogens (tertiary/aromatic N) is 1. The number of carbonyl (C=O) groups is 1. The summed E-state index contributed by atoms with van der Waals surface area (Å²) in [5.74, 6) is -0.718. The van der Waals surface area contributed by atoms with E-state index in [0.29, 0.717) is 11.3 Å². The minimum atomic E-state index is -0.558. The Bertz CT molecular complexity index is 669. The van der Waals surface area contributed by atoms with Crippen LogP contribution in [0, 0.1) is 11.3 Å². The van der Waals surface area contributed by atoms with Crippen LogP contribution < -0.4 is 5.73 Å². The second-order valence-electron chi connectivity index (χ2n) is 4.03. The van der Waals surface area contributed by atoms with E-state index in [1.165, 1.54) is 18.4 Å². The molecule has 0 fully saturated rings. The van der Waals surface area contributed by atoms with E-state index in [1.807, 2.05) is 18.2 Å². The molecule has 104 valence electrons. The van der Waals surface area contributed by atoms with Crippen LogP contribution in [0.2, 0.25) is 0 Å². The van der Waals surface area contributed by atoms with Crippen molar-refractivity contribution in [1.82, 2.24) is 0 Å². The first-order valence-electron chi connectivity index (χ1n) is 5.61. The van der Waals surface area contributed by atoms with Gasteiger partial charge in [0.1, 0.15) is 17.4 Å². The average molecular weight is 355 g/mol. The zero-order chi connectivity index (χ0) is 14.9. The number of allylic oxidation sites excluding steroid dienone is 2. The van der Waals surface area contributed by atoms with E-state index in [1.54, 1.807) is 6.92 Å². The molecule has 1 aromatic heterocycles. The lowest BCUT2D eigenvalue weighted by Gasteiger charge is -2.25. The number of thiophene rings is 1. The minimum Gasteiger partial charge on any atom is -0.466 e. The number of halogens is 1. The van der Waals surface area contributed by atoms with E-state index in [0.717, 1.165) is 8.66 Å². The lowest BCUT2D eigenvalue weighted by atomic mass is 9.88. The summed E-state index contributed by atoms with van der Waals surface area (Å²) in [6.07, 6.45) is 0. The highest BCUT2D eigenvalue weighted by Gasteiger charge is 2.36. The van der Waals surface area contributed by atoms with Gasteiger partial charge in [0, 0.05) is 4.88 Å². The van der Waals surface area contributed by atoms with Gasteiger partial charge in [-0.05, 0) is 35.0 Å². The van der Waals surface area contributed by atoms with Crippen molar-refractivity contribution in [3.05, 3.63) is 43.6 Å². The maximum absolute atomic E-state index is 12.0. The number of rotatable bonds is 2. The molecule has 0 unspecified atom stereocenters. The zero-order valence-corrected chi connectivity index (χ0v) is 13.2. The number of nitriles is 1. The minimum absolute atomic E-state index is 0.0205. The van der Waals surface area contributed by atoms with Gasteiger partial charge in [-0.1, -0.05) is 0 Å². The van der Waals surface area contributed by atoms with Gasteiger partial charge in [-0.2, -0.15) is 5.26 Å². The fraction of sp³-hybridized carbons (Fsp3) is 0.231. The summed E-state index contributed by atoms with van der Waals surface area (Å²) < 4.78 is 11.0. The van der Waals surface area contributed by atoms with Gasteiger partial charge in [-0.3, -0.25) is 0 Å². The fourth-order valence-corrected chi connectivity index (χ4v) is 3.57. The van der Waals surface area contributed by atoms with Crippen LogP contribution in [0.25, 0.3) is 0 Å². The Balaban J connectivity index is 2.62. The third-order valence-corrected chi connectivity index (χ3v) is 4.58. The van der Waals surface area contributed by atoms with Crippen molar-refractivity contribution in [2.24, 2.45) is 5.73 Å². The second kappa shape index (κ2) is 5.69. The first-order valence-corrected chi connectivity index (χ1v) is 7.22. The van der Waals surface area contributed by atoms with Crippen LogP contribution >= 0.6 is 27.3 Å². The molecular weight excluding hydrogens is 344 g/mol. The van der Waals surface area contributed by atoms with Crippen molar-refractivity contribution < 1.29 is 14.3 Å². The molecule has 0 saturated carbocycles. The molecule has 0 bridgehead atoms. The smallest absolute Gasteiger partial charge is 0.338 e. The summed E-state index contributed by atoms with van der Waals surface area (Å²) in [7, 11) is 1.29. The summed E-state index contributed by atoms with van der Waals surface area (Å²) >= 11 is 4.80. The Morgan fingerprint density at radius 3 is 2.80 bits per heavy atom. The number of nitrogens with two attached hydrogens (primary N) is 1. The van der Waals surface area contributed by atoms with Crippen molar-refractivity contribution in [3.63, 3.8) is 0 Å². The summed E-state index contributed by atoms with van der Waals surface area (Å²) in [5.41, 5.74) is 6.27. The highest BCUT2D eigenvalue weighted by Crippen LogP contribution is 2.42. The normalized spacial score (nSPS) is 18.6. The third kappa shape index (κ3) is 2.44. The molecule has 1 aromatic rings. The van der Waals surface area contributed by atoms with Gasteiger partial charge in [0.05, 0.1) is 22.4 Å². The molecule has 5 nitrogen and oxygen atoms in total. The molecule has 2 heterocycles. The van der Waals surface area contributed by atoms with Gasteiger partial charge < -0.3 is 15.2 Å². The van der Waals surface area contributed by atoms with Crippen LogP contribution in [0.15, 0.2) is 38.7 Å². The number of methoxy groups -OCH3 is 1. The first-order chi connectivity index (χ1) is 9.49. The van der Waals surface area contributed by atoms with E-state index in [9.17, 15) is 10.1 Å². The van der Waals surface area contributed by atoms with E-state index in [-0.39, 0.29) is 11.5 Å². The largest absolute Gasteiger partial charge is 0.466 e. The Hall–Kier alpha value is -1.78. The van der Waals surface area contributed by atoms with Crippen molar-refractivity contribution in [2.75, 3.05) is 7.11 Å². The van der Waals surface area contributed by atoms with Crippen LogP contribution in [-0.4, -0.2) is 13.1 Å². The van der Waals surface area contributed by atoms with Crippen molar-refractivity contribution in [1.29, 1.82) is 5.26 Å². The van der Waals surface area contributed by atoms with Gasteiger partial charge in [-0.15, -0.1) is 11.3 Å². The van der Waals surface area contributed by atoms with E-state index >= 15 is 0 Å². The average Bonchev–Trinajstić information content (AvgIpc) is 2.83. The summed E-state index contributed by atoms with van der Waals surface area (Å²) in [6, 6.07) is 5.71. The lowest BCUT2D eigenvalue weighted by Crippen LogP contribution is -2.24. The number of carbonyl (C=O) groups excluding carboxylic acids is 1.